The van der Waals surface area contributed by atoms with Gasteiger partial charge in [-0.05, 0) is 37.1 Å². The number of ether oxygens (including phenoxy) is 1. The highest BCUT2D eigenvalue weighted by Crippen LogP contribution is 2.27. The molecular weight excluding hydrogens is 356 g/mol. The number of carbonyl (C=O) groups is 1. The van der Waals surface area contributed by atoms with E-state index in [1.54, 1.807) is 0 Å². The Labute approximate surface area is 155 Å². The van der Waals surface area contributed by atoms with E-state index in [0.29, 0.717) is 15.9 Å². The molecule has 1 amide bonds. The summed E-state index contributed by atoms with van der Waals surface area (Å²) in [5.41, 5.74) is 3.66. The SMILES string of the molecule is Cc1cc(Cl)cc(C)c1OCC(=O)Nc1nc(-c2ccccc2)cs1. The average Bonchev–Trinajstić information content (AvgIpc) is 3.03. The minimum atomic E-state index is -0.247. The van der Waals surface area contributed by atoms with Gasteiger partial charge in [-0.2, -0.15) is 0 Å². The lowest BCUT2D eigenvalue weighted by Gasteiger charge is -2.12. The van der Waals surface area contributed by atoms with Crippen LogP contribution in [0.3, 0.4) is 0 Å². The number of halogens is 1. The maximum Gasteiger partial charge on any atom is 0.264 e. The Morgan fingerprint density at radius 1 is 1.20 bits per heavy atom. The van der Waals surface area contributed by atoms with Crippen LogP contribution in [-0.2, 0) is 4.79 Å². The van der Waals surface area contributed by atoms with Crippen LogP contribution in [0.15, 0.2) is 47.8 Å². The molecule has 0 radical (unpaired) electrons. The molecule has 0 bridgehead atoms. The van der Waals surface area contributed by atoms with Gasteiger partial charge >= 0.3 is 0 Å². The summed E-state index contributed by atoms with van der Waals surface area (Å²) in [5.74, 6) is 0.436. The van der Waals surface area contributed by atoms with E-state index in [2.05, 4.69) is 10.3 Å². The quantitative estimate of drug-likeness (QED) is 0.678. The third-order valence-corrected chi connectivity index (χ3v) is 4.57. The van der Waals surface area contributed by atoms with E-state index >= 15 is 0 Å². The lowest BCUT2D eigenvalue weighted by molar-refractivity contribution is -0.118. The smallest absolute Gasteiger partial charge is 0.264 e. The van der Waals surface area contributed by atoms with Crippen molar-refractivity contribution in [3.63, 3.8) is 0 Å². The number of aromatic nitrogens is 1. The number of amides is 1. The second-order valence-corrected chi connectivity index (χ2v) is 6.90. The third-order valence-electron chi connectivity index (χ3n) is 3.59. The van der Waals surface area contributed by atoms with Crippen molar-refractivity contribution in [1.82, 2.24) is 4.98 Å². The monoisotopic (exact) mass is 372 g/mol. The van der Waals surface area contributed by atoms with Crippen LogP contribution in [0.5, 0.6) is 5.75 Å². The van der Waals surface area contributed by atoms with Crippen molar-refractivity contribution in [2.24, 2.45) is 0 Å². The number of carbonyl (C=O) groups excluding carboxylic acids is 1. The van der Waals surface area contributed by atoms with E-state index in [0.717, 1.165) is 22.4 Å². The highest BCUT2D eigenvalue weighted by molar-refractivity contribution is 7.14. The Morgan fingerprint density at radius 2 is 1.88 bits per heavy atom. The van der Waals surface area contributed by atoms with Gasteiger partial charge < -0.3 is 4.74 Å². The first-order valence-corrected chi connectivity index (χ1v) is 8.99. The molecular formula is C19H17ClN2O2S. The minimum Gasteiger partial charge on any atom is -0.483 e. The molecule has 128 valence electrons. The van der Waals surface area contributed by atoms with Gasteiger partial charge in [-0.1, -0.05) is 41.9 Å². The van der Waals surface area contributed by atoms with Gasteiger partial charge in [0.25, 0.3) is 5.91 Å². The first kappa shape index (κ1) is 17.5. The summed E-state index contributed by atoms with van der Waals surface area (Å²) < 4.78 is 5.65. The summed E-state index contributed by atoms with van der Waals surface area (Å²) in [6.45, 7) is 3.72. The molecule has 6 heteroatoms. The van der Waals surface area contributed by atoms with Crippen molar-refractivity contribution in [2.75, 3.05) is 11.9 Å². The molecule has 3 aromatic rings. The molecule has 0 unspecified atom stereocenters. The number of nitrogens with one attached hydrogen (secondary N) is 1. The van der Waals surface area contributed by atoms with Crippen LogP contribution < -0.4 is 10.1 Å². The van der Waals surface area contributed by atoms with Crippen molar-refractivity contribution in [3.8, 4) is 17.0 Å². The Bertz CT molecular complexity index is 870. The second-order valence-electron chi connectivity index (χ2n) is 5.61. The van der Waals surface area contributed by atoms with Crippen LogP contribution in [0.4, 0.5) is 5.13 Å². The first-order chi connectivity index (χ1) is 12.0. The Morgan fingerprint density at radius 3 is 2.56 bits per heavy atom. The summed E-state index contributed by atoms with van der Waals surface area (Å²) in [4.78, 5) is 16.6. The zero-order valence-corrected chi connectivity index (χ0v) is 15.4. The highest BCUT2D eigenvalue weighted by Gasteiger charge is 2.11. The molecule has 0 fully saturated rings. The molecule has 2 aromatic carbocycles. The molecule has 4 nitrogen and oxygen atoms in total. The van der Waals surface area contributed by atoms with E-state index in [-0.39, 0.29) is 12.5 Å². The van der Waals surface area contributed by atoms with Crippen LogP contribution in [0.25, 0.3) is 11.3 Å². The number of anilines is 1. The normalized spacial score (nSPS) is 10.5. The first-order valence-electron chi connectivity index (χ1n) is 7.73. The fourth-order valence-corrected chi connectivity index (χ4v) is 3.55. The highest BCUT2D eigenvalue weighted by atomic mass is 35.5. The lowest BCUT2D eigenvalue weighted by atomic mass is 10.1. The second kappa shape index (κ2) is 7.68. The largest absolute Gasteiger partial charge is 0.483 e. The number of rotatable bonds is 5. The van der Waals surface area contributed by atoms with Gasteiger partial charge in [-0.25, -0.2) is 4.98 Å². The molecule has 0 saturated carbocycles. The maximum atomic E-state index is 12.1. The van der Waals surface area contributed by atoms with E-state index < -0.39 is 0 Å². The molecule has 0 spiro atoms. The van der Waals surface area contributed by atoms with Gasteiger partial charge in [-0.3, -0.25) is 10.1 Å². The van der Waals surface area contributed by atoms with Gasteiger partial charge in [0.05, 0.1) is 5.69 Å². The summed E-state index contributed by atoms with van der Waals surface area (Å²) >= 11 is 7.39. The summed E-state index contributed by atoms with van der Waals surface area (Å²) in [7, 11) is 0. The van der Waals surface area contributed by atoms with Crippen molar-refractivity contribution in [3.05, 3.63) is 64.0 Å². The van der Waals surface area contributed by atoms with Crippen molar-refractivity contribution < 1.29 is 9.53 Å². The van der Waals surface area contributed by atoms with Gasteiger partial charge in [0.15, 0.2) is 11.7 Å². The number of benzene rings is 2. The van der Waals surface area contributed by atoms with E-state index in [4.69, 9.17) is 16.3 Å². The Hall–Kier alpha value is -2.37. The molecule has 0 aliphatic carbocycles. The standard InChI is InChI=1S/C19H17ClN2O2S/c1-12-8-15(20)9-13(2)18(12)24-10-17(23)22-19-21-16(11-25-19)14-6-4-3-5-7-14/h3-9,11H,10H2,1-2H3,(H,21,22,23). The van der Waals surface area contributed by atoms with Gasteiger partial charge in [0.1, 0.15) is 5.75 Å². The zero-order valence-electron chi connectivity index (χ0n) is 13.9. The topological polar surface area (TPSA) is 51.2 Å². The predicted octanol–water partition coefficient (Wildman–Crippen LogP) is 5.10. The predicted molar refractivity (Wildman–Crippen MR) is 103 cm³/mol. The minimum absolute atomic E-state index is 0.0798. The Balaban J connectivity index is 1.61. The van der Waals surface area contributed by atoms with Gasteiger partial charge in [0.2, 0.25) is 0 Å². The lowest BCUT2D eigenvalue weighted by Crippen LogP contribution is -2.20. The van der Waals surface area contributed by atoms with E-state index in [1.165, 1.54) is 11.3 Å². The zero-order chi connectivity index (χ0) is 17.8. The third kappa shape index (κ3) is 4.38. The molecule has 0 atom stereocenters. The van der Waals surface area contributed by atoms with Crippen LogP contribution in [0.1, 0.15) is 11.1 Å². The Kier molecular flexibility index (Phi) is 5.36. The van der Waals surface area contributed by atoms with Crippen molar-refractivity contribution >= 4 is 34.0 Å². The van der Waals surface area contributed by atoms with Crippen molar-refractivity contribution in [1.29, 1.82) is 0 Å². The number of nitrogens with zero attached hydrogens (tertiary/aromatic N) is 1. The molecule has 1 N–H and O–H groups in total. The van der Waals surface area contributed by atoms with Gasteiger partial charge in [-0.15, -0.1) is 11.3 Å². The molecule has 1 heterocycles. The molecule has 0 saturated heterocycles. The van der Waals surface area contributed by atoms with Crippen LogP contribution in [-0.4, -0.2) is 17.5 Å². The molecule has 0 aliphatic heterocycles. The average molecular weight is 373 g/mol. The number of hydrogen-bond acceptors (Lipinski definition) is 4. The van der Waals surface area contributed by atoms with Crippen LogP contribution in [0, 0.1) is 13.8 Å². The fraction of sp³-hybridized carbons (Fsp3) is 0.158. The van der Waals surface area contributed by atoms with Crippen LogP contribution >= 0.6 is 22.9 Å². The van der Waals surface area contributed by atoms with E-state index in [9.17, 15) is 4.79 Å². The van der Waals surface area contributed by atoms with E-state index in [1.807, 2.05) is 61.7 Å². The molecule has 25 heavy (non-hydrogen) atoms. The molecule has 1 aromatic heterocycles. The van der Waals surface area contributed by atoms with Crippen molar-refractivity contribution in [2.45, 2.75) is 13.8 Å². The molecule has 0 aliphatic rings. The fourth-order valence-electron chi connectivity index (χ4n) is 2.49. The van der Waals surface area contributed by atoms with Gasteiger partial charge in [0, 0.05) is 16.0 Å². The summed E-state index contributed by atoms with van der Waals surface area (Å²) in [6, 6.07) is 13.5. The number of thiazole rings is 1. The number of aryl methyl sites for hydroxylation is 2. The van der Waals surface area contributed by atoms with Crippen LogP contribution in [0.2, 0.25) is 5.02 Å². The summed E-state index contributed by atoms with van der Waals surface area (Å²) in [6.07, 6.45) is 0. The molecule has 3 rings (SSSR count). The summed E-state index contributed by atoms with van der Waals surface area (Å²) in [5, 5.41) is 5.89. The maximum absolute atomic E-state index is 12.1. The number of hydrogen-bond donors (Lipinski definition) is 1.